The van der Waals surface area contributed by atoms with Gasteiger partial charge in [-0.25, -0.2) is 0 Å². The Bertz CT molecular complexity index is 871. The summed E-state index contributed by atoms with van der Waals surface area (Å²) in [6.07, 6.45) is 14.6. The maximum absolute atomic E-state index is 11.1. The monoisotopic (exact) mass is 534 g/mol. The highest BCUT2D eigenvalue weighted by Gasteiger charge is 2.61. The predicted molar refractivity (Wildman–Crippen MR) is 153 cm³/mol. The molecule has 0 amide bonds. The first-order valence-electron chi connectivity index (χ1n) is 14.5. The molecule has 0 radical (unpaired) electrons. The molecule has 6 nitrogen and oxygen atoms in total. The molecule has 2 unspecified atom stereocenters. The number of aliphatic hydroxyl groups is 3. The third kappa shape index (κ3) is 9.04. The smallest absolute Gasteiger partial charge is 0.302 e. The molecule has 2 bridgehead atoms. The SMILES string of the molecule is CC(=O)OC/C(C)=C/CC[C@]1(C)[C@@H](CC/C=C(\C)CCC(O)C(C)(O)CC/C=C(\C)CO)[C@]2(C)CC[C@H]1O2. The van der Waals surface area contributed by atoms with Crippen LogP contribution in [0, 0.1) is 11.3 Å². The zero-order valence-electron chi connectivity index (χ0n) is 25.0. The molecule has 3 N–H and O–H groups in total. The second-order valence-corrected chi connectivity index (χ2v) is 12.7. The van der Waals surface area contributed by atoms with E-state index >= 15 is 0 Å². The first-order valence-corrected chi connectivity index (χ1v) is 14.5. The van der Waals surface area contributed by atoms with Gasteiger partial charge in [0.25, 0.3) is 0 Å². The van der Waals surface area contributed by atoms with Crippen molar-refractivity contribution in [3.63, 3.8) is 0 Å². The number of hydrogen-bond donors (Lipinski definition) is 3. The predicted octanol–water partition coefficient (Wildman–Crippen LogP) is 6.19. The molecule has 0 aromatic carbocycles. The van der Waals surface area contributed by atoms with E-state index in [0.717, 1.165) is 56.1 Å². The Kier molecular flexibility index (Phi) is 12.3. The molecule has 0 aliphatic carbocycles. The lowest BCUT2D eigenvalue weighted by Crippen LogP contribution is -2.42. The normalized spacial score (nSPS) is 30.4. The maximum Gasteiger partial charge on any atom is 0.302 e. The van der Waals surface area contributed by atoms with Gasteiger partial charge in [0.1, 0.15) is 6.61 Å². The quantitative estimate of drug-likeness (QED) is 0.161. The number of fused-ring (bicyclic) bond motifs is 2. The van der Waals surface area contributed by atoms with Gasteiger partial charge in [0.2, 0.25) is 0 Å². The van der Waals surface area contributed by atoms with E-state index in [1.165, 1.54) is 12.5 Å². The highest BCUT2D eigenvalue weighted by atomic mass is 16.5. The van der Waals surface area contributed by atoms with Gasteiger partial charge in [-0.3, -0.25) is 4.79 Å². The van der Waals surface area contributed by atoms with Crippen molar-refractivity contribution < 1.29 is 29.6 Å². The van der Waals surface area contributed by atoms with E-state index in [-0.39, 0.29) is 23.6 Å². The number of carbonyl (C=O) groups excluding carboxylic acids is 1. The Morgan fingerprint density at radius 3 is 2.39 bits per heavy atom. The molecule has 2 aliphatic rings. The summed E-state index contributed by atoms with van der Waals surface area (Å²) in [4.78, 5) is 11.1. The van der Waals surface area contributed by atoms with Crippen LogP contribution in [0.2, 0.25) is 0 Å². The molecule has 2 saturated heterocycles. The summed E-state index contributed by atoms with van der Waals surface area (Å²) in [6, 6.07) is 0. The van der Waals surface area contributed by atoms with Gasteiger partial charge in [0, 0.05) is 6.92 Å². The van der Waals surface area contributed by atoms with E-state index in [1.54, 1.807) is 6.92 Å². The third-order valence-corrected chi connectivity index (χ3v) is 9.13. The van der Waals surface area contributed by atoms with Crippen molar-refractivity contribution in [1.82, 2.24) is 0 Å². The zero-order chi connectivity index (χ0) is 28.6. The number of allylic oxidation sites excluding steroid dienone is 4. The van der Waals surface area contributed by atoms with Gasteiger partial charge >= 0.3 is 5.97 Å². The molecule has 2 aliphatic heterocycles. The van der Waals surface area contributed by atoms with Gasteiger partial charge in [0.05, 0.1) is 30.0 Å². The molecule has 2 rings (SSSR count). The van der Waals surface area contributed by atoms with Crippen molar-refractivity contribution in [3.05, 3.63) is 34.9 Å². The second kappa shape index (κ2) is 14.2. The summed E-state index contributed by atoms with van der Waals surface area (Å²) >= 11 is 0. The first-order chi connectivity index (χ1) is 17.7. The van der Waals surface area contributed by atoms with Crippen molar-refractivity contribution >= 4 is 5.97 Å². The fraction of sp³-hybridized carbons (Fsp3) is 0.781. The lowest BCUT2D eigenvalue weighted by atomic mass is 9.60. The van der Waals surface area contributed by atoms with Gasteiger partial charge in [0.15, 0.2) is 0 Å². The molecule has 38 heavy (non-hydrogen) atoms. The average Bonchev–Trinajstić information content (AvgIpc) is 3.34. The van der Waals surface area contributed by atoms with Crippen LogP contribution in [0.25, 0.3) is 0 Å². The molecule has 6 heteroatoms. The van der Waals surface area contributed by atoms with E-state index in [1.807, 2.05) is 19.9 Å². The number of hydrogen-bond acceptors (Lipinski definition) is 6. The number of carbonyl (C=O) groups is 1. The molecule has 6 atom stereocenters. The van der Waals surface area contributed by atoms with Crippen molar-refractivity contribution in [3.8, 4) is 0 Å². The van der Waals surface area contributed by atoms with Gasteiger partial charge in [-0.2, -0.15) is 0 Å². The van der Waals surface area contributed by atoms with E-state index in [9.17, 15) is 15.0 Å². The first kappa shape index (κ1) is 32.7. The molecule has 0 aromatic heterocycles. The van der Waals surface area contributed by atoms with Crippen LogP contribution in [0.15, 0.2) is 34.9 Å². The van der Waals surface area contributed by atoms with Gasteiger partial charge < -0.3 is 24.8 Å². The Labute approximate surface area is 231 Å². The summed E-state index contributed by atoms with van der Waals surface area (Å²) in [5, 5.41) is 30.4. The van der Waals surface area contributed by atoms with Crippen LogP contribution >= 0.6 is 0 Å². The lowest BCUT2D eigenvalue weighted by Gasteiger charge is -2.42. The van der Waals surface area contributed by atoms with Crippen LogP contribution in [-0.4, -0.2) is 57.9 Å². The zero-order valence-corrected chi connectivity index (χ0v) is 25.0. The molecule has 2 fully saturated rings. The van der Waals surface area contributed by atoms with Crippen molar-refractivity contribution in [2.45, 2.75) is 136 Å². The summed E-state index contributed by atoms with van der Waals surface area (Å²) in [7, 11) is 0. The Balaban J connectivity index is 1.88. The topological polar surface area (TPSA) is 96.2 Å². The Morgan fingerprint density at radius 1 is 1.08 bits per heavy atom. The fourth-order valence-corrected chi connectivity index (χ4v) is 6.49. The lowest BCUT2D eigenvalue weighted by molar-refractivity contribution is -0.139. The summed E-state index contributed by atoms with van der Waals surface area (Å²) in [5.74, 6) is 0.242. The second-order valence-electron chi connectivity index (χ2n) is 12.7. The van der Waals surface area contributed by atoms with Crippen molar-refractivity contribution in [2.75, 3.05) is 13.2 Å². The minimum absolute atomic E-state index is 0.0228. The largest absolute Gasteiger partial charge is 0.461 e. The number of ether oxygens (including phenoxy) is 2. The van der Waals surface area contributed by atoms with Crippen molar-refractivity contribution in [1.29, 1.82) is 0 Å². The summed E-state index contributed by atoms with van der Waals surface area (Å²) in [6.45, 7) is 14.2. The van der Waals surface area contributed by atoms with E-state index in [0.29, 0.717) is 37.9 Å². The summed E-state index contributed by atoms with van der Waals surface area (Å²) in [5.41, 5.74) is 2.14. The Hall–Kier alpha value is -1.47. The Morgan fingerprint density at radius 2 is 1.74 bits per heavy atom. The molecule has 2 heterocycles. The van der Waals surface area contributed by atoms with E-state index in [4.69, 9.17) is 14.6 Å². The fourth-order valence-electron chi connectivity index (χ4n) is 6.49. The van der Waals surface area contributed by atoms with Gasteiger partial charge in [-0.15, -0.1) is 0 Å². The van der Waals surface area contributed by atoms with Crippen LogP contribution in [-0.2, 0) is 14.3 Å². The number of rotatable bonds is 16. The minimum Gasteiger partial charge on any atom is -0.461 e. The van der Waals surface area contributed by atoms with Crippen LogP contribution in [0.4, 0.5) is 0 Å². The van der Waals surface area contributed by atoms with E-state index < -0.39 is 11.7 Å². The number of esters is 1. The molecular weight excluding hydrogens is 480 g/mol. The highest BCUT2D eigenvalue weighted by Crippen LogP contribution is 2.61. The molecular formula is C32H54O6. The van der Waals surface area contributed by atoms with Crippen LogP contribution in [0.5, 0.6) is 0 Å². The van der Waals surface area contributed by atoms with Crippen LogP contribution < -0.4 is 0 Å². The average molecular weight is 535 g/mol. The number of aliphatic hydroxyl groups excluding tert-OH is 2. The van der Waals surface area contributed by atoms with Gasteiger partial charge in [-0.05, 0) is 116 Å². The highest BCUT2D eigenvalue weighted by molar-refractivity contribution is 5.66. The van der Waals surface area contributed by atoms with Gasteiger partial charge in [-0.1, -0.05) is 36.3 Å². The molecule has 0 saturated carbocycles. The summed E-state index contributed by atoms with van der Waals surface area (Å²) < 4.78 is 11.7. The van der Waals surface area contributed by atoms with Crippen LogP contribution in [0.3, 0.4) is 0 Å². The van der Waals surface area contributed by atoms with Crippen LogP contribution in [0.1, 0.15) is 113 Å². The minimum atomic E-state index is -1.14. The molecule has 218 valence electrons. The standard InChI is InChI=1S/C32H54O6/c1-23(15-16-28(35)31(6,36)19-10-12-24(2)21-33)11-8-14-27-30(5,29-17-20-32(27,7)38-29)18-9-13-25(3)22-37-26(4)34/h11-13,27-29,33,35-36H,8-10,14-22H2,1-7H3/b23-11+,24-12+,25-13+/t27-,28?,29-,30-,31?,32+/m1/s1. The van der Waals surface area contributed by atoms with Crippen molar-refractivity contribution in [2.24, 2.45) is 11.3 Å². The third-order valence-electron chi connectivity index (χ3n) is 9.13. The van der Waals surface area contributed by atoms with E-state index in [2.05, 4.69) is 32.9 Å². The maximum atomic E-state index is 11.1. The molecule has 0 aromatic rings. The molecule has 0 spiro atoms.